The van der Waals surface area contributed by atoms with Crippen molar-refractivity contribution in [2.75, 3.05) is 6.54 Å². The van der Waals surface area contributed by atoms with Crippen LogP contribution in [0.2, 0.25) is 0 Å². The average Bonchev–Trinajstić information content (AvgIpc) is 3.06. The number of hydrogen-bond acceptors (Lipinski definition) is 4. The van der Waals surface area contributed by atoms with Gasteiger partial charge in [0.1, 0.15) is 4.21 Å². The smallest absolute Gasteiger partial charge is 0.306 e. The maximum atomic E-state index is 11.9. The zero-order valence-electron chi connectivity index (χ0n) is 10.9. The van der Waals surface area contributed by atoms with Crippen LogP contribution in [0.5, 0.6) is 0 Å². The van der Waals surface area contributed by atoms with Gasteiger partial charge in [0.15, 0.2) is 0 Å². The number of fused-ring (bicyclic) bond motifs is 1. The van der Waals surface area contributed by atoms with Gasteiger partial charge in [0.2, 0.25) is 10.0 Å². The highest BCUT2D eigenvalue weighted by Crippen LogP contribution is 2.15. The van der Waals surface area contributed by atoms with E-state index in [1.807, 2.05) is 12.1 Å². The lowest BCUT2D eigenvalue weighted by Gasteiger charge is -2.05. The Morgan fingerprint density at radius 1 is 1.14 bits per heavy atom. The third-order valence-corrected chi connectivity index (χ3v) is 5.90. The van der Waals surface area contributed by atoms with E-state index in [0.717, 1.165) is 16.6 Å². The summed E-state index contributed by atoms with van der Waals surface area (Å²) in [5.41, 5.74) is 2.16. The lowest BCUT2D eigenvalue weighted by molar-refractivity contribution is 0.584. The summed E-state index contributed by atoms with van der Waals surface area (Å²) in [5.74, 6) is 0. The molecule has 110 valence electrons. The second-order valence-corrected chi connectivity index (χ2v) is 7.48. The molecule has 0 aliphatic carbocycles. The molecule has 0 saturated heterocycles. The van der Waals surface area contributed by atoms with Gasteiger partial charge in [-0.25, -0.2) is 17.9 Å². The highest BCUT2D eigenvalue weighted by molar-refractivity contribution is 7.91. The molecule has 21 heavy (non-hydrogen) atoms. The summed E-state index contributed by atoms with van der Waals surface area (Å²) in [6.07, 6.45) is 0.549. The van der Waals surface area contributed by atoms with E-state index in [4.69, 9.17) is 0 Å². The molecule has 1 aromatic carbocycles. The Kier molecular flexibility index (Phi) is 3.66. The molecule has 0 aliphatic heterocycles. The number of benzene rings is 1. The van der Waals surface area contributed by atoms with Crippen LogP contribution in [0.3, 0.4) is 0 Å². The quantitative estimate of drug-likeness (QED) is 0.663. The minimum absolute atomic E-state index is 0.249. The Bertz CT molecular complexity index is 908. The Hall–Kier alpha value is -1.90. The van der Waals surface area contributed by atoms with Crippen molar-refractivity contribution in [3.05, 3.63) is 51.8 Å². The van der Waals surface area contributed by atoms with Crippen LogP contribution in [0.1, 0.15) is 5.56 Å². The summed E-state index contributed by atoms with van der Waals surface area (Å²) in [4.78, 5) is 16.5. The highest BCUT2D eigenvalue weighted by Gasteiger charge is 2.13. The van der Waals surface area contributed by atoms with Crippen molar-refractivity contribution in [1.29, 1.82) is 0 Å². The largest absolute Gasteiger partial charge is 0.323 e. The van der Waals surface area contributed by atoms with Gasteiger partial charge in [-0.05, 0) is 35.6 Å². The maximum Gasteiger partial charge on any atom is 0.323 e. The molecule has 0 fully saturated rings. The molecule has 0 atom stereocenters. The first-order chi connectivity index (χ1) is 10.0. The summed E-state index contributed by atoms with van der Waals surface area (Å²) < 4.78 is 26.8. The lowest BCUT2D eigenvalue weighted by atomic mass is 10.1. The van der Waals surface area contributed by atoms with Gasteiger partial charge < -0.3 is 9.97 Å². The van der Waals surface area contributed by atoms with Crippen molar-refractivity contribution in [1.82, 2.24) is 14.7 Å². The van der Waals surface area contributed by atoms with Crippen LogP contribution >= 0.6 is 11.3 Å². The topological polar surface area (TPSA) is 94.8 Å². The molecule has 0 radical (unpaired) electrons. The number of aromatic amines is 2. The Morgan fingerprint density at radius 3 is 2.71 bits per heavy atom. The lowest BCUT2D eigenvalue weighted by Crippen LogP contribution is -2.25. The first-order valence-electron chi connectivity index (χ1n) is 6.29. The SMILES string of the molecule is O=c1[nH]c2ccc(CCNS(=O)(=O)c3cccs3)cc2[nH]1. The summed E-state index contributed by atoms with van der Waals surface area (Å²) in [6.45, 7) is 0.306. The molecule has 0 amide bonds. The third kappa shape index (κ3) is 3.07. The van der Waals surface area contributed by atoms with Crippen LogP contribution in [-0.4, -0.2) is 24.9 Å². The first kappa shape index (κ1) is 14.1. The number of nitrogens with one attached hydrogen (secondary N) is 3. The fourth-order valence-corrected chi connectivity index (χ4v) is 4.12. The van der Waals surface area contributed by atoms with Gasteiger partial charge in [0.05, 0.1) is 11.0 Å². The molecule has 0 bridgehead atoms. The predicted octanol–water partition coefficient (Wildman–Crippen LogP) is 1.44. The molecule has 0 spiro atoms. The number of thiophene rings is 1. The molecule has 8 heteroatoms. The minimum Gasteiger partial charge on any atom is -0.306 e. The van der Waals surface area contributed by atoms with Gasteiger partial charge in [-0.15, -0.1) is 11.3 Å². The minimum atomic E-state index is -3.42. The highest BCUT2D eigenvalue weighted by atomic mass is 32.2. The van der Waals surface area contributed by atoms with Crippen molar-refractivity contribution in [3.63, 3.8) is 0 Å². The number of rotatable bonds is 5. The van der Waals surface area contributed by atoms with Crippen LogP contribution in [0.25, 0.3) is 11.0 Å². The second-order valence-electron chi connectivity index (χ2n) is 4.54. The third-order valence-electron chi connectivity index (χ3n) is 3.05. The normalized spacial score (nSPS) is 12.0. The summed E-state index contributed by atoms with van der Waals surface area (Å²) in [6, 6.07) is 8.79. The van der Waals surface area contributed by atoms with Crippen LogP contribution in [0.4, 0.5) is 0 Å². The maximum absolute atomic E-state index is 11.9. The second kappa shape index (κ2) is 5.47. The van der Waals surface area contributed by atoms with E-state index < -0.39 is 10.0 Å². The average molecular weight is 323 g/mol. The molecule has 0 aliphatic rings. The van der Waals surface area contributed by atoms with Gasteiger partial charge >= 0.3 is 5.69 Å². The van der Waals surface area contributed by atoms with Crippen molar-refractivity contribution < 1.29 is 8.42 Å². The molecular formula is C13H13N3O3S2. The fourth-order valence-electron chi connectivity index (χ4n) is 2.05. The molecule has 0 saturated carbocycles. The Balaban J connectivity index is 1.68. The van der Waals surface area contributed by atoms with Gasteiger partial charge in [-0.2, -0.15) is 0 Å². The molecule has 6 nitrogen and oxygen atoms in total. The van der Waals surface area contributed by atoms with E-state index in [1.165, 1.54) is 11.3 Å². The summed E-state index contributed by atoms with van der Waals surface area (Å²) in [5, 5.41) is 1.73. The standard InChI is InChI=1S/C13H13N3O3S2/c17-13-15-10-4-3-9(8-11(10)16-13)5-6-14-21(18,19)12-2-1-7-20-12/h1-4,7-8,14H,5-6H2,(H2,15,16,17). The Morgan fingerprint density at radius 2 is 1.95 bits per heavy atom. The molecule has 3 aromatic rings. The summed E-state index contributed by atoms with van der Waals surface area (Å²) in [7, 11) is -3.42. The number of sulfonamides is 1. The van der Waals surface area contributed by atoms with Gasteiger partial charge in [0.25, 0.3) is 0 Å². The molecule has 2 aromatic heterocycles. The number of aromatic nitrogens is 2. The van der Waals surface area contributed by atoms with Crippen LogP contribution in [0.15, 0.2) is 44.7 Å². The fraction of sp³-hybridized carbons (Fsp3) is 0.154. The van der Waals surface area contributed by atoms with E-state index in [1.54, 1.807) is 23.6 Å². The van der Waals surface area contributed by atoms with E-state index in [2.05, 4.69) is 14.7 Å². The predicted molar refractivity (Wildman–Crippen MR) is 82.1 cm³/mol. The number of H-pyrrole nitrogens is 2. The van der Waals surface area contributed by atoms with Gasteiger partial charge in [0, 0.05) is 6.54 Å². The van der Waals surface area contributed by atoms with Crippen molar-refractivity contribution >= 4 is 32.4 Å². The molecule has 3 N–H and O–H groups in total. The first-order valence-corrected chi connectivity index (χ1v) is 8.65. The number of hydrogen-bond donors (Lipinski definition) is 3. The monoisotopic (exact) mass is 323 g/mol. The van der Waals surface area contributed by atoms with E-state index >= 15 is 0 Å². The summed E-state index contributed by atoms with van der Waals surface area (Å²) >= 11 is 1.19. The van der Waals surface area contributed by atoms with E-state index in [9.17, 15) is 13.2 Å². The molecule has 0 unspecified atom stereocenters. The van der Waals surface area contributed by atoms with Crippen LogP contribution in [0, 0.1) is 0 Å². The number of imidazole rings is 1. The van der Waals surface area contributed by atoms with Gasteiger partial charge in [-0.3, -0.25) is 0 Å². The molecule has 3 rings (SSSR count). The zero-order chi connectivity index (χ0) is 14.9. The Labute approximate surface area is 124 Å². The van der Waals surface area contributed by atoms with Crippen LogP contribution < -0.4 is 10.4 Å². The van der Waals surface area contributed by atoms with Crippen LogP contribution in [-0.2, 0) is 16.4 Å². The van der Waals surface area contributed by atoms with E-state index in [0.29, 0.717) is 17.2 Å². The molecule has 2 heterocycles. The zero-order valence-corrected chi connectivity index (χ0v) is 12.6. The van der Waals surface area contributed by atoms with Crippen molar-refractivity contribution in [2.24, 2.45) is 0 Å². The van der Waals surface area contributed by atoms with Crippen molar-refractivity contribution in [3.8, 4) is 0 Å². The van der Waals surface area contributed by atoms with E-state index in [-0.39, 0.29) is 5.69 Å². The van der Waals surface area contributed by atoms with Gasteiger partial charge in [-0.1, -0.05) is 12.1 Å². The van der Waals surface area contributed by atoms with Crippen molar-refractivity contribution in [2.45, 2.75) is 10.6 Å². The molecular weight excluding hydrogens is 310 g/mol.